The highest BCUT2D eigenvalue weighted by Crippen LogP contribution is 2.31. The van der Waals surface area contributed by atoms with Crippen molar-refractivity contribution in [1.82, 2.24) is 9.97 Å². The summed E-state index contributed by atoms with van der Waals surface area (Å²) in [6.45, 7) is 8.14. The molecule has 106 valence electrons. The number of aryl methyl sites for hydroxylation is 3. The molecule has 0 saturated heterocycles. The van der Waals surface area contributed by atoms with Crippen LogP contribution in [0.25, 0.3) is 11.3 Å². The number of carbonyl (C=O) groups is 1. The molecule has 0 radical (unpaired) electrons. The molecule has 0 spiro atoms. The average molecular weight is 274 g/mol. The topological polar surface area (TPSA) is 75.2 Å². The van der Waals surface area contributed by atoms with Crippen molar-refractivity contribution in [2.45, 2.75) is 27.7 Å². The Hall–Kier alpha value is -2.30. The van der Waals surface area contributed by atoms with Crippen LogP contribution >= 0.6 is 0 Å². The number of hydrogen-bond acceptors (Lipinski definition) is 3. The first-order valence-electron chi connectivity index (χ1n) is 6.48. The number of ether oxygens (including phenoxy) is 1. The monoisotopic (exact) mass is 274 g/mol. The molecule has 0 aliphatic rings. The van der Waals surface area contributed by atoms with Gasteiger partial charge in [0.25, 0.3) is 0 Å². The number of nitrogens with zero attached hydrogens (tertiary/aromatic N) is 1. The van der Waals surface area contributed by atoms with Crippen molar-refractivity contribution < 1.29 is 14.6 Å². The lowest BCUT2D eigenvalue weighted by molar-refractivity contribution is 0.0692. The summed E-state index contributed by atoms with van der Waals surface area (Å²) in [5.74, 6) is 0.396. The van der Waals surface area contributed by atoms with E-state index in [2.05, 4.69) is 9.97 Å². The maximum Gasteiger partial charge on any atom is 0.354 e. The predicted octanol–water partition coefficient (Wildman–Crippen LogP) is 3.10. The summed E-state index contributed by atoms with van der Waals surface area (Å²) in [5, 5.41) is 9.24. The van der Waals surface area contributed by atoms with Gasteiger partial charge in [0.1, 0.15) is 17.3 Å². The van der Waals surface area contributed by atoms with E-state index in [-0.39, 0.29) is 5.69 Å². The number of nitrogens with one attached hydrogen (secondary N) is 1. The number of aromatic carboxylic acids is 1. The molecule has 20 heavy (non-hydrogen) atoms. The van der Waals surface area contributed by atoms with Crippen LogP contribution in [0.1, 0.15) is 34.4 Å². The van der Waals surface area contributed by atoms with Crippen LogP contribution in [0.4, 0.5) is 0 Å². The van der Waals surface area contributed by atoms with Crippen LogP contribution in [-0.4, -0.2) is 27.7 Å². The van der Waals surface area contributed by atoms with Crippen molar-refractivity contribution >= 4 is 5.97 Å². The van der Waals surface area contributed by atoms with Gasteiger partial charge in [-0.25, -0.2) is 9.78 Å². The number of hydrogen-bond donors (Lipinski definition) is 2. The van der Waals surface area contributed by atoms with E-state index in [1.54, 1.807) is 6.92 Å². The fourth-order valence-electron chi connectivity index (χ4n) is 2.20. The van der Waals surface area contributed by atoms with E-state index in [4.69, 9.17) is 4.74 Å². The highest BCUT2D eigenvalue weighted by molar-refractivity contribution is 5.93. The Balaban J connectivity index is 2.59. The van der Waals surface area contributed by atoms with E-state index >= 15 is 0 Å². The zero-order chi connectivity index (χ0) is 14.9. The van der Waals surface area contributed by atoms with Crippen LogP contribution in [0.3, 0.4) is 0 Å². The molecular weight excluding hydrogens is 256 g/mol. The zero-order valence-electron chi connectivity index (χ0n) is 12.1. The van der Waals surface area contributed by atoms with Gasteiger partial charge in [0.2, 0.25) is 0 Å². The van der Waals surface area contributed by atoms with Crippen molar-refractivity contribution in [3.63, 3.8) is 0 Å². The lowest BCUT2D eigenvalue weighted by Crippen LogP contribution is -2.01. The molecule has 1 heterocycles. The van der Waals surface area contributed by atoms with Crippen LogP contribution in [0, 0.1) is 20.8 Å². The van der Waals surface area contributed by atoms with E-state index in [1.807, 2.05) is 32.9 Å². The maximum absolute atomic E-state index is 11.3. The van der Waals surface area contributed by atoms with Crippen LogP contribution in [-0.2, 0) is 0 Å². The molecule has 5 nitrogen and oxygen atoms in total. The molecule has 5 heteroatoms. The van der Waals surface area contributed by atoms with E-state index in [1.165, 1.54) is 0 Å². The third-order valence-electron chi connectivity index (χ3n) is 3.11. The van der Waals surface area contributed by atoms with Crippen LogP contribution < -0.4 is 4.74 Å². The molecule has 0 saturated carbocycles. The maximum atomic E-state index is 11.3. The highest BCUT2D eigenvalue weighted by atomic mass is 16.5. The molecule has 0 aliphatic carbocycles. The van der Waals surface area contributed by atoms with Gasteiger partial charge in [0.05, 0.1) is 6.61 Å². The van der Waals surface area contributed by atoms with Crippen molar-refractivity contribution in [3.8, 4) is 17.0 Å². The Morgan fingerprint density at radius 3 is 2.60 bits per heavy atom. The van der Waals surface area contributed by atoms with Gasteiger partial charge >= 0.3 is 5.97 Å². The number of aromatic nitrogens is 2. The quantitative estimate of drug-likeness (QED) is 0.898. The van der Waals surface area contributed by atoms with Gasteiger partial charge in [-0.2, -0.15) is 0 Å². The van der Waals surface area contributed by atoms with Gasteiger partial charge in [-0.1, -0.05) is 0 Å². The highest BCUT2D eigenvalue weighted by Gasteiger charge is 2.19. The van der Waals surface area contributed by atoms with E-state index in [0.717, 1.165) is 22.4 Å². The van der Waals surface area contributed by atoms with E-state index < -0.39 is 5.97 Å². The summed E-state index contributed by atoms with van der Waals surface area (Å²) in [5.41, 5.74) is 3.30. The molecule has 0 unspecified atom stereocenters. The Labute approximate surface area is 117 Å². The van der Waals surface area contributed by atoms with Gasteiger partial charge in [-0.15, -0.1) is 0 Å². The van der Waals surface area contributed by atoms with Crippen molar-refractivity contribution in [1.29, 1.82) is 0 Å². The van der Waals surface area contributed by atoms with Gasteiger partial charge in [-0.05, 0) is 51.0 Å². The van der Waals surface area contributed by atoms with Crippen LogP contribution in [0.2, 0.25) is 0 Å². The third kappa shape index (κ3) is 2.52. The summed E-state index contributed by atoms with van der Waals surface area (Å²) >= 11 is 0. The summed E-state index contributed by atoms with van der Waals surface area (Å²) in [6, 6.07) is 3.84. The minimum Gasteiger partial charge on any atom is -0.494 e. The lowest BCUT2D eigenvalue weighted by atomic mass is 10.0. The smallest absolute Gasteiger partial charge is 0.354 e. The van der Waals surface area contributed by atoms with Crippen LogP contribution in [0.15, 0.2) is 12.1 Å². The van der Waals surface area contributed by atoms with Gasteiger partial charge in [-0.3, -0.25) is 0 Å². The fraction of sp³-hybridized carbons (Fsp3) is 0.333. The molecule has 0 atom stereocenters. The molecule has 0 fully saturated rings. The molecule has 0 bridgehead atoms. The first kappa shape index (κ1) is 14.1. The first-order chi connectivity index (χ1) is 9.43. The normalized spacial score (nSPS) is 10.6. The number of H-pyrrole nitrogens is 1. The summed E-state index contributed by atoms with van der Waals surface area (Å²) in [4.78, 5) is 18.4. The lowest BCUT2D eigenvalue weighted by Gasteiger charge is -2.11. The zero-order valence-corrected chi connectivity index (χ0v) is 12.1. The molecular formula is C15H18N2O3. The molecule has 0 amide bonds. The Morgan fingerprint density at radius 1 is 1.30 bits per heavy atom. The third-order valence-corrected chi connectivity index (χ3v) is 3.11. The summed E-state index contributed by atoms with van der Waals surface area (Å²) in [6.07, 6.45) is 0. The standard InChI is InChI=1S/C15H18N2O3/c1-5-20-12-7-8(2)11(6-9(12)3)13-14(15(18)19)17-10(4)16-13/h6-7H,5H2,1-4H3,(H,16,17)(H,18,19). The Morgan fingerprint density at radius 2 is 2.00 bits per heavy atom. The number of carboxylic acid groups (broad SMARTS) is 1. The number of rotatable bonds is 4. The second-order valence-electron chi connectivity index (χ2n) is 4.72. The second kappa shape index (κ2) is 5.36. The molecule has 1 aromatic carbocycles. The van der Waals surface area contributed by atoms with Gasteiger partial charge < -0.3 is 14.8 Å². The number of aromatic amines is 1. The number of imidazole rings is 1. The molecule has 0 aliphatic heterocycles. The van der Waals surface area contributed by atoms with Crippen molar-refractivity contribution in [3.05, 3.63) is 34.8 Å². The largest absolute Gasteiger partial charge is 0.494 e. The fourth-order valence-corrected chi connectivity index (χ4v) is 2.20. The Kier molecular flexibility index (Phi) is 3.79. The first-order valence-corrected chi connectivity index (χ1v) is 6.48. The molecule has 1 aromatic heterocycles. The van der Waals surface area contributed by atoms with Crippen LogP contribution in [0.5, 0.6) is 5.75 Å². The minimum absolute atomic E-state index is 0.120. The summed E-state index contributed by atoms with van der Waals surface area (Å²) in [7, 11) is 0. The summed E-state index contributed by atoms with van der Waals surface area (Å²) < 4.78 is 5.55. The molecule has 2 N–H and O–H groups in total. The SMILES string of the molecule is CCOc1cc(C)c(-c2nc(C)[nH]c2C(=O)O)cc1C. The minimum atomic E-state index is -1.01. The average Bonchev–Trinajstić information content (AvgIpc) is 2.76. The number of benzene rings is 1. The predicted molar refractivity (Wildman–Crippen MR) is 76.4 cm³/mol. The van der Waals surface area contributed by atoms with Gasteiger partial charge in [0.15, 0.2) is 5.69 Å². The second-order valence-corrected chi connectivity index (χ2v) is 4.72. The molecule has 2 rings (SSSR count). The Bertz CT molecular complexity index is 659. The van der Waals surface area contributed by atoms with Crippen molar-refractivity contribution in [2.24, 2.45) is 0 Å². The van der Waals surface area contributed by atoms with E-state index in [9.17, 15) is 9.90 Å². The number of carboxylic acids is 1. The van der Waals surface area contributed by atoms with Gasteiger partial charge in [0, 0.05) is 5.56 Å². The van der Waals surface area contributed by atoms with Crippen molar-refractivity contribution in [2.75, 3.05) is 6.61 Å². The van der Waals surface area contributed by atoms with E-state index in [0.29, 0.717) is 18.1 Å². The molecule has 2 aromatic rings.